The lowest BCUT2D eigenvalue weighted by molar-refractivity contribution is -0.113. The van der Waals surface area contributed by atoms with E-state index in [0.717, 1.165) is 62.1 Å². The topological polar surface area (TPSA) is 121 Å². The first-order chi connectivity index (χ1) is 19.7. The number of benzene rings is 1. The summed E-state index contributed by atoms with van der Waals surface area (Å²) < 4.78 is 52.7. The molecule has 0 radical (unpaired) electrons. The number of unbranched alkanes of at least 4 members (excludes halogenated alkanes) is 1. The maximum absolute atomic E-state index is 12.9. The van der Waals surface area contributed by atoms with E-state index in [9.17, 15) is 21.6 Å². The third-order valence-electron chi connectivity index (χ3n) is 7.50. The molecule has 0 amide bonds. The van der Waals surface area contributed by atoms with Gasteiger partial charge < -0.3 is 9.69 Å². The number of rotatable bonds is 14. The van der Waals surface area contributed by atoms with Crippen molar-refractivity contribution in [2.45, 2.75) is 59.3 Å². The Labute approximate surface area is 247 Å². The fourth-order valence-electron chi connectivity index (χ4n) is 5.13. The molecular weight excluding hydrogens is 583 g/mol. The molecule has 2 unspecified atom stereocenters. The molecule has 41 heavy (non-hydrogen) atoms. The molecule has 2 aromatic heterocycles. The number of piperazine rings is 1. The van der Waals surface area contributed by atoms with Crippen molar-refractivity contribution in [2.24, 2.45) is 0 Å². The first-order valence-electron chi connectivity index (χ1n) is 13.7. The molecule has 0 saturated carbocycles. The zero-order valence-electron chi connectivity index (χ0n) is 23.4. The summed E-state index contributed by atoms with van der Waals surface area (Å²) >= 11 is 1.11. The zero-order chi connectivity index (χ0) is 29.5. The Hall–Kier alpha value is -2.55. The molecule has 1 fully saturated rings. The van der Waals surface area contributed by atoms with Crippen molar-refractivity contribution in [3.63, 3.8) is 0 Å². The minimum Gasteiger partial charge on any atom is -0.302 e. The average molecular weight is 620 g/mol. The normalized spacial score (nSPS) is 18.0. The van der Waals surface area contributed by atoms with E-state index in [-0.39, 0.29) is 26.7 Å². The quantitative estimate of drug-likeness (QED) is 0.198. The zero-order valence-corrected chi connectivity index (χ0v) is 25.8. The van der Waals surface area contributed by atoms with Crippen LogP contribution in [0.25, 0.3) is 0 Å². The summed E-state index contributed by atoms with van der Waals surface area (Å²) in [5, 5.41) is 1.65. The Morgan fingerprint density at radius 2 is 1.85 bits per heavy atom. The van der Waals surface area contributed by atoms with E-state index in [1.165, 1.54) is 29.0 Å². The van der Waals surface area contributed by atoms with Gasteiger partial charge in [-0.25, -0.2) is 21.8 Å². The molecule has 222 valence electrons. The maximum Gasteiger partial charge on any atom is 0.244 e. The third kappa shape index (κ3) is 7.65. The number of aromatic nitrogens is 2. The summed E-state index contributed by atoms with van der Waals surface area (Å²) in [6.07, 6.45) is 7.84. The summed E-state index contributed by atoms with van der Waals surface area (Å²) in [4.78, 5) is 24.6. The van der Waals surface area contributed by atoms with Gasteiger partial charge in [-0.15, -0.1) is 11.3 Å². The lowest BCUT2D eigenvalue weighted by atomic mass is 10.1. The van der Waals surface area contributed by atoms with Gasteiger partial charge in [0.1, 0.15) is 11.2 Å². The molecule has 4 rings (SSSR count). The fraction of sp³-hybridized carbons (Fsp3) is 0.464. The highest BCUT2D eigenvalue weighted by molar-refractivity contribution is 7.93. The van der Waals surface area contributed by atoms with Gasteiger partial charge in [0, 0.05) is 49.6 Å². The van der Waals surface area contributed by atoms with E-state index in [2.05, 4.69) is 33.6 Å². The Kier molecular flexibility index (Phi) is 10.8. The van der Waals surface area contributed by atoms with E-state index in [1.54, 1.807) is 23.6 Å². The van der Waals surface area contributed by atoms with Gasteiger partial charge in [-0.2, -0.15) is 4.31 Å². The number of pyridine rings is 1. The smallest absolute Gasteiger partial charge is 0.244 e. The van der Waals surface area contributed by atoms with Crippen LogP contribution in [-0.2, 0) is 31.1 Å². The van der Waals surface area contributed by atoms with Crippen LogP contribution in [0.3, 0.4) is 0 Å². The van der Waals surface area contributed by atoms with E-state index < -0.39 is 25.9 Å². The molecule has 0 spiro atoms. The molecule has 1 aromatic carbocycles. The van der Waals surface area contributed by atoms with Crippen LogP contribution < -0.4 is 0 Å². The van der Waals surface area contributed by atoms with Crippen molar-refractivity contribution in [1.82, 2.24) is 24.1 Å². The second-order valence-corrected chi connectivity index (χ2v) is 15.1. The van der Waals surface area contributed by atoms with Crippen molar-refractivity contribution in [1.29, 1.82) is 0 Å². The van der Waals surface area contributed by atoms with Crippen LogP contribution in [-0.4, -0.2) is 98.5 Å². The molecule has 0 N–H and O–H groups in total. The van der Waals surface area contributed by atoms with Crippen molar-refractivity contribution in [3.05, 3.63) is 65.9 Å². The Bertz CT molecular complexity index is 1470. The molecule has 13 heteroatoms. The molecule has 10 nitrogen and oxygen atoms in total. The van der Waals surface area contributed by atoms with E-state index >= 15 is 0 Å². The molecule has 3 heterocycles. The second kappa shape index (κ2) is 14.1. The molecule has 3 aromatic rings. The SMILES string of the molecule is CCN(CCCCN1CCN(S(=O)(=O)c2cccnc2)CC1C=O)C(C)Cc1ccc(S(=O)(=O)c2nccs2)cc1. The Morgan fingerprint density at radius 3 is 2.49 bits per heavy atom. The first-order valence-corrected chi connectivity index (χ1v) is 17.5. The second-order valence-electron chi connectivity index (χ2n) is 10.1. The van der Waals surface area contributed by atoms with Crippen LogP contribution in [0.1, 0.15) is 32.3 Å². The summed E-state index contributed by atoms with van der Waals surface area (Å²) in [6.45, 7) is 7.80. The maximum atomic E-state index is 12.9. The number of likely N-dealkylation sites (N-methyl/N-ethyl adjacent to an activating group) is 1. The summed E-state index contributed by atoms with van der Waals surface area (Å²) in [5.41, 5.74) is 1.07. The van der Waals surface area contributed by atoms with Crippen LogP contribution in [0.5, 0.6) is 0 Å². The third-order valence-corrected chi connectivity index (χ3v) is 12.3. The van der Waals surface area contributed by atoms with Gasteiger partial charge in [0.05, 0.1) is 10.9 Å². The van der Waals surface area contributed by atoms with Crippen LogP contribution in [0.15, 0.2) is 74.5 Å². The first kappa shape index (κ1) is 31.4. The minimum atomic E-state index is -3.68. The molecular formula is C28H37N5O5S3. The summed E-state index contributed by atoms with van der Waals surface area (Å²) in [5.74, 6) is 0. The molecule has 1 saturated heterocycles. The highest BCUT2D eigenvalue weighted by atomic mass is 32.2. The molecule has 2 atom stereocenters. The highest BCUT2D eigenvalue weighted by Crippen LogP contribution is 2.24. The van der Waals surface area contributed by atoms with Gasteiger partial charge in [0.15, 0.2) is 0 Å². The van der Waals surface area contributed by atoms with Crippen LogP contribution >= 0.6 is 11.3 Å². The molecule has 0 aliphatic carbocycles. The summed E-state index contributed by atoms with van der Waals surface area (Å²) in [6, 6.07) is 9.96. The Morgan fingerprint density at radius 1 is 1.07 bits per heavy atom. The van der Waals surface area contributed by atoms with E-state index in [0.29, 0.717) is 13.1 Å². The number of hydrogen-bond donors (Lipinski definition) is 0. The van der Waals surface area contributed by atoms with Gasteiger partial charge in [-0.1, -0.05) is 19.1 Å². The number of hydrogen-bond acceptors (Lipinski definition) is 10. The lowest BCUT2D eigenvalue weighted by Gasteiger charge is -2.38. The molecule has 0 bridgehead atoms. The standard InChI is InChI=1S/C28H37N5O5S3/c1-3-31(23(2)19-24-8-10-26(11-9-24)40(35,36)28-30-13-18-39-28)14-4-5-15-32-16-17-33(21-25(32)22-34)41(37,38)27-7-6-12-29-20-27/h6-13,18,20,22-23,25H,3-5,14-17,19,21H2,1-2H3. The van der Waals surface area contributed by atoms with Gasteiger partial charge in [-0.05, 0) is 75.6 Å². The highest BCUT2D eigenvalue weighted by Gasteiger charge is 2.34. The van der Waals surface area contributed by atoms with Crippen molar-refractivity contribution in [2.75, 3.05) is 39.3 Å². The fourth-order valence-corrected chi connectivity index (χ4v) is 8.77. The van der Waals surface area contributed by atoms with E-state index in [1.807, 2.05) is 12.1 Å². The Balaban J connectivity index is 1.24. The number of sulfone groups is 1. The predicted molar refractivity (Wildman–Crippen MR) is 158 cm³/mol. The van der Waals surface area contributed by atoms with Crippen molar-refractivity contribution >= 4 is 37.5 Å². The average Bonchev–Trinajstić information content (AvgIpc) is 3.54. The number of thiazole rings is 1. The largest absolute Gasteiger partial charge is 0.302 e. The number of carbonyl (C=O) groups excluding carboxylic acids is 1. The van der Waals surface area contributed by atoms with Crippen LogP contribution in [0.4, 0.5) is 0 Å². The van der Waals surface area contributed by atoms with Gasteiger partial charge in [0.2, 0.25) is 24.2 Å². The van der Waals surface area contributed by atoms with E-state index in [4.69, 9.17) is 0 Å². The van der Waals surface area contributed by atoms with Crippen molar-refractivity contribution in [3.8, 4) is 0 Å². The van der Waals surface area contributed by atoms with Gasteiger partial charge in [0.25, 0.3) is 0 Å². The minimum absolute atomic E-state index is 0.104. The van der Waals surface area contributed by atoms with Gasteiger partial charge >= 0.3 is 0 Å². The number of nitrogens with zero attached hydrogens (tertiary/aromatic N) is 5. The van der Waals surface area contributed by atoms with Crippen LogP contribution in [0.2, 0.25) is 0 Å². The number of sulfonamides is 1. The van der Waals surface area contributed by atoms with Crippen LogP contribution in [0, 0.1) is 0 Å². The lowest BCUT2D eigenvalue weighted by Crippen LogP contribution is -2.55. The number of carbonyl (C=O) groups is 1. The monoisotopic (exact) mass is 619 g/mol. The summed E-state index contributed by atoms with van der Waals surface area (Å²) in [7, 11) is -7.26. The van der Waals surface area contributed by atoms with Gasteiger partial charge in [-0.3, -0.25) is 9.88 Å². The molecule has 1 aliphatic heterocycles. The predicted octanol–water partition coefficient (Wildman–Crippen LogP) is 2.98. The number of aldehydes is 1. The molecule has 1 aliphatic rings. The van der Waals surface area contributed by atoms with Crippen molar-refractivity contribution < 1.29 is 21.6 Å².